The minimum atomic E-state index is -1.44. The van der Waals surface area contributed by atoms with E-state index in [-0.39, 0.29) is 69.7 Å². The molecule has 2 N–H and O–H groups in total. The molecule has 7 heteroatoms. The molecule has 0 amide bonds. The van der Waals surface area contributed by atoms with Crippen LogP contribution in [0, 0.1) is 0 Å². The number of aliphatic carboxylic acids is 2. The topological polar surface area (TPSA) is 106 Å². The fraction of sp³-hybridized carbons (Fsp3) is 0.600. The van der Waals surface area contributed by atoms with E-state index in [9.17, 15) is 19.8 Å². The van der Waals surface area contributed by atoms with Crippen LogP contribution in [0.5, 0.6) is 0 Å². The van der Waals surface area contributed by atoms with E-state index in [0.29, 0.717) is 0 Å². The smallest absolute Gasteiger partial charge is 0.550 e. The van der Waals surface area contributed by atoms with Crippen molar-refractivity contribution < 1.29 is 49.4 Å². The van der Waals surface area contributed by atoms with E-state index < -0.39 is 18.0 Å². The zero-order valence-corrected chi connectivity index (χ0v) is 12.6. The van der Waals surface area contributed by atoms with Crippen molar-refractivity contribution >= 4 is 39.2 Å². The monoisotopic (exact) mass is 376 g/mol. The standard InChI is InChI=1S/C5H9NO4.Na.Pb/c6-3(5(9)10)1-2-4(7)8;;/h3H,1-2,6H2,(H,7,8)(H,9,10);;/q;+1;+2/p-2/t3-;;/m0../s1. The Balaban J connectivity index is -0.000000405. The van der Waals surface area contributed by atoms with Crippen LogP contribution in [0.2, 0.25) is 0 Å². The van der Waals surface area contributed by atoms with Gasteiger partial charge in [-0.25, -0.2) is 0 Å². The van der Waals surface area contributed by atoms with Crippen LogP contribution in [0.15, 0.2) is 0 Å². The number of hydrogen-bond donors (Lipinski definition) is 1. The van der Waals surface area contributed by atoms with E-state index in [2.05, 4.69) is 0 Å². The predicted octanol–water partition coefficient (Wildman–Crippen LogP) is -6.78. The Labute approximate surface area is 112 Å². The predicted molar refractivity (Wildman–Crippen MR) is 33.0 cm³/mol. The molecule has 2 radical (unpaired) electrons. The summed E-state index contributed by atoms with van der Waals surface area (Å²) in [5.74, 6) is -2.75. The van der Waals surface area contributed by atoms with Crippen LogP contribution < -0.4 is 45.5 Å². The molecular weight excluding hydrogens is 368 g/mol. The third kappa shape index (κ3) is 10.8. The van der Waals surface area contributed by atoms with E-state index in [1.807, 2.05) is 0 Å². The molecule has 0 spiro atoms. The Morgan fingerprint density at radius 2 is 1.75 bits per heavy atom. The van der Waals surface area contributed by atoms with Gasteiger partial charge in [0.05, 0.1) is 5.97 Å². The van der Waals surface area contributed by atoms with Gasteiger partial charge in [-0.1, -0.05) is 0 Å². The quantitative estimate of drug-likeness (QED) is 0.492. The number of nitrogens with two attached hydrogens (primary N) is 1. The summed E-state index contributed by atoms with van der Waals surface area (Å²) in [4.78, 5) is 19.6. The summed E-state index contributed by atoms with van der Waals surface area (Å²) in [6.07, 6.45) is -0.500. The molecule has 0 aliphatic carbocycles. The SMILES string of the molecule is N[C@@H](CCC(=O)[O-])C(=O)[O-].[Na+].[Pb+2]. The van der Waals surface area contributed by atoms with E-state index >= 15 is 0 Å². The van der Waals surface area contributed by atoms with Gasteiger partial charge in [0, 0.05) is 12.0 Å². The molecule has 0 aliphatic heterocycles. The fourth-order valence-corrected chi connectivity index (χ4v) is 0.391. The molecule has 0 aromatic heterocycles. The fourth-order valence-electron chi connectivity index (χ4n) is 0.391. The van der Waals surface area contributed by atoms with Gasteiger partial charge in [-0.15, -0.1) is 0 Å². The zero-order chi connectivity index (χ0) is 8.15. The summed E-state index contributed by atoms with van der Waals surface area (Å²) >= 11 is 0. The first kappa shape index (κ1) is 18.6. The Morgan fingerprint density at radius 3 is 2.00 bits per heavy atom. The average Bonchev–Trinajstić information content (AvgIpc) is 1.82. The first-order valence-corrected chi connectivity index (χ1v) is 2.70. The van der Waals surface area contributed by atoms with Crippen molar-refractivity contribution in [1.29, 1.82) is 0 Å². The minimum absolute atomic E-state index is 0. The van der Waals surface area contributed by atoms with E-state index in [0.717, 1.165) is 0 Å². The third-order valence-corrected chi connectivity index (χ3v) is 0.962. The van der Waals surface area contributed by atoms with Gasteiger partial charge in [0.15, 0.2) is 0 Å². The van der Waals surface area contributed by atoms with Gasteiger partial charge in [-0.3, -0.25) is 0 Å². The van der Waals surface area contributed by atoms with Crippen LogP contribution in [0.4, 0.5) is 0 Å². The Kier molecular flexibility index (Phi) is 15.3. The van der Waals surface area contributed by atoms with Crippen LogP contribution in [0.3, 0.4) is 0 Å². The van der Waals surface area contributed by atoms with Crippen LogP contribution in [0.25, 0.3) is 0 Å². The van der Waals surface area contributed by atoms with Crippen molar-refractivity contribution in [2.75, 3.05) is 0 Å². The maximum atomic E-state index is 9.86. The van der Waals surface area contributed by atoms with Crippen molar-refractivity contribution in [3.63, 3.8) is 0 Å². The number of carboxylic acid groups (broad SMARTS) is 2. The summed E-state index contributed by atoms with van der Waals surface area (Å²) < 4.78 is 0. The molecule has 1 atom stereocenters. The second-order valence-electron chi connectivity index (χ2n) is 1.84. The number of hydrogen-bond acceptors (Lipinski definition) is 5. The van der Waals surface area contributed by atoms with E-state index in [1.165, 1.54) is 0 Å². The van der Waals surface area contributed by atoms with Crippen molar-refractivity contribution in [3.8, 4) is 0 Å². The van der Waals surface area contributed by atoms with Gasteiger partial charge in [-0.05, 0) is 12.8 Å². The molecule has 5 nitrogen and oxygen atoms in total. The molecule has 0 aromatic carbocycles. The molecular formula is C5H7NNaO4Pb+. The third-order valence-electron chi connectivity index (χ3n) is 0.962. The molecule has 0 unspecified atom stereocenters. The van der Waals surface area contributed by atoms with Gasteiger partial charge < -0.3 is 25.5 Å². The van der Waals surface area contributed by atoms with Crippen LogP contribution >= 0.6 is 0 Å². The first-order valence-electron chi connectivity index (χ1n) is 2.70. The number of carbonyl (C=O) groups is 2. The summed E-state index contributed by atoms with van der Waals surface area (Å²) in [7, 11) is 0. The number of carbonyl (C=O) groups excluding carboxylic acids is 2. The molecule has 0 saturated carbocycles. The zero-order valence-electron chi connectivity index (χ0n) is 6.70. The van der Waals surface area contributed by atoms with Crippen molar-refractivity contribution in [1.82, 2.24) is 0 Å². The molecule has 0 bridgehead atoms. The molecule has 12 heavy (non-hydrogen) atoms. The molecule has 0 saturated heterocycles. The van der Waals surface area contributed by atoms with Crippen molar-refractivity contribution in [2.24, 2.45) is 5.73 Å². The van der Waals surface area contributed by atoms with Crippen molar-refractivity contribution in [2.45, 2.75) is 18.9 Å². The summed E-state index contributed by atoms with van der Waals surface area (Å²) in [6, 6.07) is -1.21. The Hall–Kier alpha value is 0.822. The van der Waals surface area contributed by atoms with Gasteiger partial charge in [0.25, 0.3) is 0 Å². The summed E-state index contributed by atoms with van der Waals surface area (Å²) in [5.41, 5.74) is 4.91. The van der Waals surface area contributed by atoms with Gasteiger partial charge in [0.1, 0.15) is 0 Å². The molecule has 0 aliphatic rings. The van der Waals surface area contributed by atoms with Crippen LogP contribution in [-0.4, -0.2) is 45.3 Å². The molecule has 0 fully saturated rings. The second-order valence-corrected chi connectivity index (χ2v) is 1.84. The van der Waals surface area contributed by atoms with E-state index in [4.69, 9.17) is 5.73 Å². The first-order chi connectivity index (χ1) is 4.54. The van der Waals surface area contributed by atoms with Gasteiger partial charge in [-0.2, -0.15) is 0 Å². The molecule has 0 heterocycles. The second kappa shape index (κ2) is 9.91. The normalized spacial score (nSPS) is 10.4. The van der Waals surface area contributed by atoms with E-state index in [1.54, 1.807) is 0 Å². The van der Waals surface area contributed by atoms with Crippen LogP contribution in [0.1, 0.15) is 12.8 Å². The Morgan fingerprint density at radius 1 is 1.33 bits per heavy atom. The van der Waals surface area contributed by atoms with Crippen LogP contribution in [-0.2, 0) is 9.59 Å². The summed E-state index contributed by atoms with van der Waals surface area (Å²) in [5, 5.41) is 19.6. The maximum Gasteiger partial charge on any atom is 2.00 e. The minimum Gasteiger partial charge on any atom is -0.550 e. The van der Waals surface area contributed by atoms with Gasteiger partial charge >= 0.3 is 56.9 Å². The molecule has 60 valence electrons. The van der Waals surface area contributed by atoms with Crippen molar-refractivity contribution in [3.05, 3.63) is 0 Å². The Bertz CT molecular complexity index is 154. The summed E-state index contributed by atoms with van der Waals surface area (Å²) in [6.45, 7) is 0. The van der Waals surface area contributed by atoms with Gasteiger partial charge in [0.2, 0.25) is 0 Å². The average molecular weight is 375 g/mol. The maximum absolute atomic E-state index is 9.86. The largest absolute Gasteiger partial charge is 2.00 e. The number of rotatable bonds is 4. The molecule has 0 aromatic rings. The molecule has 0 rings (SSSR count). The number of carboxylic acids is 2.